The number of β-amino-alcohol motifs (C(OH)–C–C–N with tert-alkyl or cyclic N) is 1. The van der Waals surface area contributed by atoms with Gasteiger partial charge in [0.2, 0.25) is 0 Å². The Hall–Kier alpha value is -1.75. The van der Waals surface area contributed by atoms with E-state index < -0.39 is 0 Å². The predicted octanol–water partition coefficient (Wildman–Crippen LogP) is 1.79. The highest BCUT2D eigenvalue weighted by Gasteiger charge is 2.23. The number of aliphatic hydroxyl groups is 1. The number of urea groups is 1. The molecule has 1 atom stereocenters. The second-order valence-electron chi connectivity index (χ2n) is 5.30. The van der Waals surface area contributed by atoms with Crippen molar-refractivity contribution >= 4 is 6.03 Å². The molecule has 2 N–H and O–H groups in total. The second-order valence-corrected chi connectivity index (χ2v) is 5.30. The molecule has 1 aliphatic rings. The van der Waals surface area contributed by atoms with Crippen molar-refractivity contribution in [2.45, 2.75) is 32.3 Å². The molecule has 5 heteroatoms. The van der Waals surface area contributed by atoms with Crippen LogP contribution in [0.15, 0.2) is 24.3 Å². The van der Waals surface area contributed by atoms with Gasteiger partial charge in [-0.1, -0.05) is 12.1 Å². The SMILES string of the molecule is CCOc1ccc(CCCNC(=O)N2CC[C@@H](O)C2)cc1. The molecule has 1 aromatic rings. The fourth-order valence-electron chi connectivity index (χ4n) is 2.44. The van der Waals surface area contributed by atoms with Crippen molar-refractivity contribution in [1.82, 2.24) is 10.2 Å². The monoisotopic (exact) mass is 292 g/mol. The first-order valence-electron chi connectivity index (χ1n) is 7.61. The van der Waals surface area contributed by atoms with Crippen molar-refractivity contribution in [1.29, 1.82) is 0 Å². The summed E-state index contributed by atoms with van der Waals surface area (Å²) in [6.07, 6.45) is 2.14. The van der Waals surface area contributed by atoms with Crippen LogP contribution in [0.4, 0.5) is 4.79 Å². The molecule has 0 unspecified atom stereocenters. The molecule has 0 spiro atoms. The van der Waals surface area contributed by atoms with Crippen molar-refractivity contribution in [3.8, 4) is 5.75 Å². The Morgan fingerprint density at radius 1 is 1.43 bits per heavy atom. The number of rotatable bonds is 6. The van der Waals surface area contributed by atoms with Crippen molar-refractivity contribution in [3.63, 3.8) is 0 Å². The first-order chi connectivity index (χ1) is 10.2. The molecular weight excluding hydrogens is 268 g/mol. The summed E-state index contributed by atoms with van der Waals surface area (Å²) in [6, 6.07) is 8.00. The molecule has 1 heterocycles. The molecular formula is C16H24N2O3. The van der Waals surface area contributed by atoms with Gasteiger partial charge in [-0.2, -0.15) is 0 Å². The number of hydrogen-bond donors (Lipinski definition) is 2. The lowest BCUT2D eigenvalue weighted by Crippen LogP contribution is -2.39. The van der Waals surface area contributed by atoms with E-state index in [2.05, 4.69) is 17.4 Å². The number of nitrogens with zero attached hydrogens (tertiary/aromatic N) is 1. The molecule has 1 saturated heterocycles. The minimum absolute atomic E-state index is 0.0711. The second kappa shape index (κ2) is 7.88. The predicted molar refractivity (Wildman–Crippen MR) is 81.5 cm³/mol. The van der Waals surface area contributed by atoms with E-state index in [0.29, 0.717) is 32.7 Å². The summed E-state index contributed by atoms with van der Waals surface area (Å²) in [7, 11) is 0. The van der Waals surface area contributed by atoms with Crippen LogP contribution in [0, 0.1) is 0 Å². The summed E-state index contributed by atoms with van der Waals surface area (Å²) < 4.78 is 5.40. The van der Waals surface area contributed by atoms with Gasteiger partial charge in [-0.3, -0.25) is 0 Å². The van der Waals surface area contributed by atoms with Gasteiger partial charge >= 0.3 is 6.03 Å². The molecule has 1 fully saturated rings. The number of aliphatic hydroxyl groups excluding tert-OH is 1. The third-order valence-electron chi connectivity index (χ3n) is 3.60. The largest absolute Gasteiger partial charge is 0.494 e. The van der Waals surface area contributed by atoms with E-state index in [1.165, 1.54) is 5.56 Å². The van der Waals surface area contributed by atoms with Crippen LogP contribution in [0.1, 0.15) is 25.3 Å². The molecule has 0 aromatic heterocycles. The summed E-state index contributed by atoms with van der Waals surface area (Å²) in [5, 5.41) is 12.3. The smallest absolute Gasteiger partial charge is 0.317 e. The van der Waals surface area contributed by atoms with Crippen molar-refractivity contribution in [2.24, 2.45) is 0 Å². The van der Waals surface area contributed by atoms with E-state index >= 15 is 0 Å². The van der Waals surface area contributed by atoms with Crippen molar-refractivity contribution in [3.05, 3.63) is 29.8 Å². The fraction of sp³-hybridized carbons (Fsp3) is 0.562. The molecule has 116 valence electrons. The normalized spacial score (nSPS) is 17.8. The average molecular weight is 292 g/mol. The minimum atomic E-state index is -0.361. The van der Waals surface area contributed by atoms with Crippen LogP contribution in [0.3, 0.4) is 0 Å². The van der Waals surface area contributed by atoms with E-state index in [9.17, 15) is 9.90 Å². The molecule has 0 aliphatic carbocycles. The van der Waals surface area contributed by atoms with Gasteiger partial charge in [0.1, 0.15) is 5.75 Å². The van der Waals surface area contributed by atoms with Crippen LogP contribution >= 0.6 is 0 Å². The van der Waals surface area contributed by atoms with Crippen LogP contribution in [0.2, 0.25) is 0 Å². The lowest BCUT2D eigenvalue weighted by molar-refractivity contribution is 0.172. The Kier molecular flexibility index (Phi) is 5.87. The lowest BCUT2D eigenvalue weighted by Gasteiger charge is -2.16. The maximum Gasteiger partial charge on any atom is 0.317 e. The van der Waals surface area contributed by atoms with Crippen LogP contribution in [-0.2, 0) is 6.42 Å². The minimum Gasteiger partial charge on any atom is -0.494 e. The van der Waals surface area contributed by atoms with Gasteiger partial charge in [0.25, 0.3) is 0 Å². The van der Waals surface area contributed by atoms with E-state index in [0.717, 1.165) is 18.6 Å². The molecule has 0 radical (unpaired) electrons. The molecule has 0 saturated carbocycles. The molecule has 5 nitrogen and oxygen atoms in total. The zero-order chi connectivity index (χ0) is 15.1. The number of nitrogens with one attached hydrogen (secondary N) is 1. The number of benzene rings is 1. The van der Waals surface area contributed by atoms with E-state index in [4.69, 9.17) is 4.74 Å². The van der Waals surface area contributed by atoms with Gasteiger partial charge < -0.3 is 20.1 Å². The zero-order valence-corrected chi connectivity index (χ0v) is 12.5. The Balaban J connectivity index is 1.64. The zero-order valence-electron chi connectivity index (χ0n) is 12.5. The molecule has 1 aliphatic heterocycles. The maximum atomic E-state index is 11.8. The third-order valence-corrected chi connectivity index (χ3v) is 3.60. The van der Waals surface area contributed by atoms with Gasteiger partial charge in [-0.25, -0.2) is 4.79 Å². The number of hydrogen-bond acceptors (Lipinski definition) is 3. The van der Waals surface area contributed by atoms with Crippen molar-refractivity contribution < 1.29 is 14.6 Å². The fourth-order valence-corrected chi connectivity index (χ4v) is 2.44. The summed E-state index contributed by atoms with van der Waals surface area (Å²) in [4.78, 5) is 13.5. The molecule has 2 amide bonds. The number of aryl methyl sites for hydroxylation is 1. The number of likely N-dealkylation sites (tertiary alicyclic amines) is 1. The molecule has 1 aromatic carbocycles. The van der Waals surface area contributed by atoms with Crippen molar-refractivity contribution in [2.75, 3.05) is 26.2 Å². The number of amides is 2. The lowest BCUT2D eigenvalue weighted by atomic mass is 10.1. The van der Waals surface area contributed by atoms with E-state index in [1.54, 1.807) is 4.90 Å². The quantitative estimate of drug-likeness (QED) is 0.786. The van der Waals surface area contributed by atoms with Gasteiger partial charge in [0.15, 0.2) is 0 Å². The Morgan fingerprint density at radius 3 is 2.81 bits per heavy atom. The first-order valence-corrected chi connectivity index (χ1v) is 7.61. The van der Waals surface area contributed by atoms with Crippen LogP contribution in [0.5, 0.6) is 5.75 Å². The Bertz CT molecular complexity index is 447. The maximum absolute atomic E-state index is 11.8. The van der Waals surface area contributed by atoms with Gasteiger partial charge in [0, 0.05) is 19.6 Å². The highest BCUT2D eigenvalue weighted by molar-refractivity contribution is 5.74. The van der Waals surface area contributed by atoms with Crippen LogP contribution < -0.4 is 10.1 Å². The summed E-state index contributed by atoms with van der Waals surface area (Å²) in [5.74, 6) is 0.891. The number of carbonyl (C=O) groups excluding carboxylic acids is 1. The van der Waals surface area contributed by atoms with Crippen LogP contribution in [-0.4, -0.2) is 48.4 Å². The number of ether oxygens (including phenoxy) is 1. The topological polar surface area (TPSA) is 61.8 Å². The molecule has 21 heavy (non-hydrogen) atoms. The average Bonchev–Trinajstić information content (AvgIpc) is 2.92. The summed E-state index contributed by atoms with van der Waals surface area (Å²) >= 11 is 0. The van der Waals surface area contributed by atoms with E-state index in [-0.39, 0.29) is 12.1 Å². The Morgan fingerprint density at radius 2 is 2.19 bits per heavy atom. The van der Waals surface area contributed by atoms with Gasteiger partial charge in [-0.15, -0.1) is 0 Å². The summed E-state index contributed by atoms with van der Waals surface area (Å²) in [6.45, 7) is 4.39. The Labute approximate surface area is 125 Å². The highest BCUT2D eigenvalue weighted by Crippen LogP contribution is 2.13. The van der Waals surface area contributed by atoms with Crippen LogP contribution in [0.25, 0.3) is 0 Å². The third kappa shape index (κ3) is 4.93. The molecule has 2 rings (SSSR count). The first kappa shape index (κ1) is 15.6. The van der Waals surface area contributed by atoms with Gasteiger partial charge in [-0.05, 0) is 43.9 Å². The summed E-state index contributed by atoms with van der Waals surface area (Å²) in [5.41, 5.74) is 1.24. The van der Waals surface area contributed by atoms with E-state index in [1.807, 2.05) is 19.1 Å². The van der Waals surface area contributed by atoms with Gasteiger partial charge in [0.05, 0.1) is 12.7 Å². The molecule has 0 bridgehead atoms. The highest BCUT2D eigenvalue weighted by atomic mass is 16.5. The number of carbonyl (C=O) groups is 1. The standard InChI is InChI=1S/C16H24N2O3/c1-2-21-15-7-5-13(6-8-15)4-3-10-17-16(20)18-11-9-14(19)12-18/h5-8,14,19H,2-4,9-12H2,1H3,(H,17,20)/t14-/m1/s1.